The molecule has 1 amide bonds. The van der Waals surface area contributed by atoms with Crippen molar-refractivity contribution in [2.75, 3.05) is 13.7 Å². The van der Waals surface area contributed by atoms with Crippen molar-refractivity contribution in [3.8, 4) is 0 Å². The van der Waals surface area contributed by atoms with Crippen LogP contribution in [-0.4, -0.2) is 37.1 Å². The Labute approximate surface area is 99.6 Å². The molecule has 0 bridgehead atoms. The average Bonchev–Trinajstić information content (AvgIpc) is 2.50. The summed E-state index contributed by atoms with van der Waals surface area (Å²) in [7, 11) is 1.21. The van der Waals surface area contributed by atoms with E-state index in [1.54, 1.807) is 20.8 Å². The summed E-state index contributed by atoms with van der Waals surface area (Å²) in [5.41, 5.74) is -1.17. The maximum absolute atomic E-state index is 11.8. The van der Waals surface area contributed by atoms with E-state index in [0.29, 0.717) is 0 Å². The molecule has 1 aliphatic heterocycles. The third kappa shape index (κ3) is 2.11. The van der Waals surface area contributed by atoms with Gasteiger partial charge in [-0.05, 0) is 13.8 Å². The number of rotatable bonds is 3. The smallest absolute Gasteiger partial charge is 0.331 e. The van der Waals surface area contributed by atoms with Gasteiger partial charge < -0.3 is 14.8 Å². The Hall–Kier alpha value is -1.59. The Kier molecular flexibility index (Phi) is 3.75. The van der Waals surface area contributed by atoms with Gasteiger partial charge in [0.15, 0.2) is 0 Å². The number of carbonyl (C=O) groups excluding carboxylic acids is 3. The van der Waals surface area contributed by atoms with E-state index in [4.69, 9.17) is 4.74 Å². The van der Waals surface area contributed by atoms with E-state index in [1.807, 2.05) is 0 Å². The molecule has 1 heterocycles. The maximum atomic E-state index is 11.8. The van der Waals surface area contributed by atoms with Gasteiger partial charge in [0.25, 0.3) is 0 Å². The summed E-state index contributed by atoms with van der Waals surface area (Å²) < 4.78 is 9.46. The second-order valence-electron chi connectivity index (χ2n) is 4.20. The van der Waals surface area contributed by atoms with Crippen LogP contribution in [0.15, 0.2) is 0 Å². The van der Waals surface area contributed by atoms with Gasteiger partial charge in [0.2, 0.25) is 5.91 Å². The topological polar surface area (TPSA) is 81.7 Å². The zero-order valence-corrected chi connectivity index (χ0v) is 10.4. The predicted molar refractivity (Wildman–Crippen MR) is 57.9 cm³/mol. The fraction of sp³-hybridized carbons (Fsp3) is 0.727. The second kappa shape index (κ2) is 4.73. The van der Waals surface area contributed by atoms with Crippen LogP contribution in [-0.2, 0) is 23.9 Å². The molecule has 96 valence electrons. The molecule has 0 unspecified atom stereocenters. The maximum Gasteiger partial charge on any atom is 0.331 e. The first-order chi connectivity index (χ1) is 7.88. The highest BCUT2D eigenvalue weighted by molar-refractivity contribution is 6.04. The number of ether oxygens (including phenoxy) is 2. The van der Waals surface area contributed by atoms with E-state index in [1.165, 1.54) is 7.11 Å². The van der Waals surface area contributed by atoms with E-state index >= 15 is 0 Å². The highest BCUT2D eigenvalue weighted by Crippen LogP contribution is 2.33. The molecule has 0 aromatic rings. The molecule has 0 spiro atoms. The first kappa shape index (κ1) is 13.5. The van der Waals surface area contributed by atoms with E-state index in [-0.39, 0.29) is 6.61 Å². The van der Waals surface area contributed by atoms with E-state index < -0.39 is 35.2 Å². The molecule has 3 atom stereocenters. The fourth-order valence-electron chi connectivity index (χ4n) is 1.96. The minimum Gasteiger partial charge on any atom is -0.468 e. The van der Waals surface area contributed by atoms with E-state index in [9.17, 15) is 14.4 Å². The van der Waals surface area contributed by atoms with E-state index in [2.05, 4.69) is 10.1 Å². The van der Waals surface area contributed by atoms with Gasteiger partial charge in [-0.15, -0.1) is 0 Å². The molecule has 6 nitrogen and oxygen atoms in total. The van der Waals surface area contributed by atoms with Crippen LogP contribution in [0.25, 0.3) is 0 Å². The van der Waals surface area contributed by atoms with Crippen molar-refractivity contribution in [3.05, 3.63) is 0 Å². The molecule has 1 fully saturated rings. The number of hydrogen-bond donors (Lipinski definition) is 1. The number of carbonyl (C=O) groups is 3. The Bertz CT molecular complexity index is 354. The summed E-state index contributed by atoms with van der Waals surface area (Å²) in [5.74, 6) is -3.15. The highest BCUT2D eigenvalue weighted by atomic mass is 16.5. The van der Waals surface area contributed by atoms with Crippen LogP contribution in [0, 0.1) is 11.8 Å². The highest BCUT2D eigenvalue weighted by Gasteiger charge is 2.56. The normalized spacial score (nSPS) is 31.9. The lowest BCUT2D eigenvalue weighted by atomic mass is 9.82. The minimum absolute atomic E-state index is 0.222. The molecule has 1 saturated heterocycles. The van der Waals surface area contributed by atoms with Crippen molar-refractivity contribution < 1.29 is 23.9 Å². The Morgan fingerprint density at radius 2 is 2.06 bits per heavy atom. The third-order valence-corrected chi connectivity index (χ3v) is 3.23. The molecule has 1 rings (SSSR count). The molecule has 0 radical (unpaired) electrons. The van der Waals surface area contributed by atoms with Crippen LogP contribution in [0.5, 0.6) is 0 Å². The van der Waals surface area contributed by atoms with Crippen molar-refractivity contribution in [1.82, 2.24) is 5.32 Å². The van der Waals surface area contributed by atoms with Gasteiger partial charge >= 0.3 is 11.9 Å². The number of nitrogens with one attached hydrogen (secondary N) is 1. The lowest BCUT2D eigenvalue weighted by molar-refractivity contribution is -0.153. The van der Waals surface area contributed by atoms with Gasteiger partial charge in [0, 0.05) is 5.92 Å². The summed E-state index contributed by atoms with van der Waals surface area (Å²) in [6.45, 7) is 5.10. The van der Waals surface area contributed by atoms with Gasteiger partial charge in [-0.1, -0.05) is 6.92 Å². The fourth-order valence-corrected chi connectivity index (χ4v) is 1.96. The molecular formula is C11H17NO5. The lowest BCUT2D eigenvalue weighted by Crippen LogP contribution is -2.50. The Morgan fingerprint density at radius 3 is 2.53 bits per heavy atom. The summed E-state index contributed by atoms with van der Waals surface area (Å²) >= 11 is 0. The zero-order chi connectivity index (χ0) is 13.2. The van der Waals surface area contributed by atoms with Gasteiger partial charge in [-0.2, -0.15) is 0 Å². The van der Waals surface area contributed by atoms with Crippen LogP contribution in [0.1, 0.15) is 20.8 Å². The first-order valence-electron chi connectivity index (χ1n) is 5.45. The van der Waals surface area contributed by atoms with Gasteiger partial charge in [0.05, 0.1) is 13.7 Å². The molecular weight excluding hydrogens is 226 g/mol. The third-order valence-electron chi connectivity index (χ3n) is 3.23. The summed E-state index contributed by atoms with van der Waals surface area (Å²) in [5, 5.41) is 2.52. The minimum atomic E-state index is -1.17. The number of hydrogen-bond acceptors (Lipinski definition) is 5. The van der Waals surface area contributed by atoms with Crippen LogP contribution in [0.4, 0.5) is 0 Å². The van der Waals surface area contributed by atoms with Crippen molar-refractivity contribution in [1.29, 1.82) is 0 Å². The molecule has 1 aliphatic rings. The number of amides is 1. The second-order valence-corrected chi connectivity index (χ2v) is 4.20. The Morgan fingerprint density at radius 1 is 1.47 bits per heavy atom. The van der Waals surface area contributed by atoms with Crippen molar-refractivity contribution in [2.45, 2.75) is 26.3 Å². The van der Waals surface area contributed by atoms with Gasteiger partial charge in [-0.25, -0.2) is 4.79 Å². The average molecular weight is 243 g/mol. The predicted octanol–water partition coefficient (Wildman–Crippen LogP) is -0.137. The standard InChI is InChI=1S/C11H17NO5/c1-5-17-10(15)11(3)6(2)7(8(13)12-11)9(14)16-4/h6-7H,5H2,1-4H3,(H,12,13)/t6-,7-,11-/m0/s1. The van der Waals surface area contributed by atoms with E-state index in [0.717, 1.165) is 0 Å². The first-order valence-corrected chi connectivity index (χ1v) is 5.45. The molecule has 1 N–H and O–H groups in total. The van der Waals surface area contributed by atoms with Crippen molar-refractivity contribution in [2.24, 2.45) is 11.8 Å². The van der Waals surface area contributed by atoms with Gasteiger partial charge in [-0.3, -0.25) is 9.59 Å². The summed E-state index contributed by atoms with van der Waals surface area (Å²) in [6, 6.07) is 0. The number of methoxy groups -OCH3 is 1. The molecule has 0 saturated carbocycles. The summed E-state index contributed by atoms with van der Waals surface area (Å²) in [4.78, 5) is 34.9. The van der Waals surface area contributed by atoms with Crippen molar-refractivity contribution >= 4 is 17.8 Å². The molecule has 17 heavy (non-hydrogen) atoms. The number of esters is 2. The summed E-state index contributed by atoms with van der Waals surface area (Å²) in [6.07, 6.45) is 0. The van der Waals surface area contributed by atoms with Gasteiger partial charge in [0.1, 0.15) is 11.5 Å². The van der Waals surface area contributed by atoms with Crippen LogP contribution < -0.4 is 5.32 Å². The largest absolute Gasteiger partial charge is 0.468 e. The molecule has 0 aromatic carbocycles. The van der Waals surface area contributed by atoms with Crippen LogP contribution >= 0.6 is 0 Å². The molecule has 6 heteroatoms. The lowest BCUT2D eigenvalue weighted by Gasteiger charge is -2.26. The molecule has 0 aromatic heterocycles. The Balaban J connectivity index is 2.96. The van der Waals surface area contributed by atoms with Crippen LogP contribution in [0.3, 0.4) is 0 Å². The monoisotopic (exact) mass is 243 g/mol. The van der Waals surface area contributed by atoms with Crippen molar-refractivity contribution in [3.63, 3.8) is 0 Å². The molecule has 0 aliphatic carbocycles. The quantitative estimate of drug-likeness (QED) is 0.551. The zero-order valence-electron chi connectivity index (χ0n) is 10.4. The van der Waals surface area contributed by atoms with Crippen LogP contribution in [0.2, 0.25) is 0 Å². The SMILES string of the molecule is CCOC(=O)[C@@]1(C)NC(=O)[C@@H](C(=O)OC)[C@@H]1C.